The van der Waals surface area contributed by atoms with Gasteiger partial charge in [0.2, 0.25) is 0 Å². The van der Waals surface area contributed by atoms with E-state index < -0.39 is 6.10 Å². The molecular weight excluding hydrogens is 420 g/mol. The molecule has 0 aromatic carbocycles. The highest BCUT2D eigenvalue weighted by Gasteiger charge is 2.25. The minimum atomic E-state index is -0.592. The number of aliphatic imine (C=N–C) groups is 2. The average molecular weight is 451 g/mol. The number of aliphatic hydroxyl groups is 1. The predicted octanol–water partition coefficient (Wildman–Crippen LogP) is 1.01. The van der Waals surface area contributed by atoms with Crippen LogP contribution < -0.4 is 10.2 Å². The van der Waals surface area contributed by atoms with Gasteiger partial charge in [-0.2, -0.15) is 0 Å². The Bertz CT molecular complexity index is 1020. The molecule has 2 atom stereocenters. The molecule has 3 aliphatic heterocycles. The minimum Gasteiger partial charge on any atom is -0.392 e. The number of dihydropyridines is 2. The largest absolute Gasteiger partial charge is 0.392 e. The fourth-order valence-corrected chi connectivity index (χ4v) is 4.06. The van der Waals surface area contributed by atoms with E-state index in [0.29, 0.717) is 12.1 Å². The molecule has 0 radical (unpaired) electrons. The highest BCUT2D eigenvalue weighted by atomic mass is 16.3. The van der Waals surface area contributed by atoms with E-state index in [4.69, 9.17) is 0 Å². The summed E-state index contributed by atoms with van der Waals surface area (Å²) in [4.78, 5) is 41.9. The highest BCUT2D eigenvalue weighted by molar-refractivity contribution is 6.16. The molecule has 2 amide bonds. The average Bonchev–Trinajstić information content (AvgIpc) is 2.82. The van der Waals surface area contributed by atoms with Gasteiger partial charge in [-0.05, 0) is 43.2 Å². The number of fused-ring (bicyclic) bond motifs is 1. The molecule has 1 fully saturated rings. The Labute approximate surface area is 193 Å². The van der Waals surface area contributed by atoms with Crippen molar-refractivity contribution in [3.8, 4) is 0 Å². The van der Waals surface area contributed by atoms with E-state index in [9.17, 15) is 14.7 Å². The SMILES string of the molecule is CCC1=CC2N=CC(CN3CCN(c4ccc(C(=O)NC[C@@H](C)O)nc4)CC3)=CC2=NC1=O. The molecule has 0 spiro atoms. The molecule has 1 aromatic heterocycles. The molecule has 2 N–H and O–H groups in total. The van der Waals surface area contributed by atoms with Crippen LogP contribution >= 0.6 is 0 Å². The van der Waals surface area contributed by atoms with Gasteiger partial charge in [-0.15, -0.1) is 0 Å². The summed E-state index contributed by atoms with van der Waals surface area (Å²) in [6.07, 6.45) is 7.63. The second-order valence-corrected chi connectivity index (χ2v) is 8.55. The third-order valence-corrected chi connectivity index (χ3v) is 5.96. The van der Waals surface area contributed by atoms with Crippen LogP contribution in [0.5, 0.6) is 0 Å². The van der Waals surface area contributed by atoms with Crippen molar-refractivity contribution in [2.24, 2.45) is 9.98 Å². The van der Waals surface area contributed by atoms with Gasteiger partial charge in [-0.3, -0.25) is 19.5 Å². The summed E-state index contributed by atoms with van der Waals surface area (Å²) < 4.78 is 0. The molecule has 0 saturated carbocycles. The zero-order valence-electron chi connectivity index (χ0n) is 19.1. The Balaban J connectivity index is 1.29. The van der Waals surface area contributed by atoms with Crippen molar-refractivity contribution in [2.45, 2.75) is 32.4 Å². The van der Waals surface area contributed by atoms with Crippen LogP contribution in [0.15, 0.2) is 51.6 Å². The van der Waals surface area contributed by atoms with Gasteiger partial charge in [0.15, 0.2) is 0 Å². The molecule has 1 unspecified atom stereocenters. The molecule has 1 saturated heterocycles. The lowest BCUT2D eigenvalue weighted by atomic mass is 9.98. The van der Waals surface area contributed by atoms with Gasteiger partial charge in [0.05, 0.1) is 23.7 Å². The number of aromatic nitrogens is 1. The van der Waals surface area contributed by atoms with Crippen molar-refractivity contribution >= 4 is 29.4 Å². The van der Waals surface area contributed by atoms with Gasteiger partial charge < -0.3 is 15.3 Å². The molecule has 9 heteroatoms. The van der Waals surface area contributed by atoms with E-state index in [1.165, 1.54) is 0 Å². The Morgan fingerprint density at radius 1 is 1.27 bits per heavy atom. The maximum absolute atomic E-state index is 12.1. The Morgan fingerprint density at radius 3 is 2.73 bits per heavy atom. The molecule has 174 valence electrons. The second-order valence-electron chi connectivity index (χ2n) is 8.55. The zero-order valence-corrected chi connectivity index (χ0v) is 19.1. The molecule has 1 aromatic rings. The molecule has 9 nitrogen and oxygen atoms in total. The van der Waals surface area contributed by atoms with E-state index in [-0.39, 0.29) is 24.4 Å². The van der Waals surface area contributed by atoms with Gasteiger partial charge in [-0.25, -0.2) is 9.98 Å². The Morgan fingerprint density at radius 2 is 2.06 bits per heavy atom. The van der Waals surface area contributed by atoms with Crippen LogP contribution in [-0.2, 0) is 4.79 Å². The van der Waals surface area contributed by atoms with Crippen LogP contribution in [0.25, 0.3) is 0 Å². The van der Waals surface area contributed by atoms with Crippen LogP contribution in [0, 0.1) is 0 Å². The van der Waals surface area contributed by atoms with Crippen molar-refractivity contribution < 1.29 is 14.7 Å². The first-order valence-electron chi connectivity index (χ1n) is 11.4. The van der Waals surface area contributed by atoms with Crippen molar-refractivity contribution in [3.63, 3.8) is 0 Å². The normalized spacial score (nSPS) is 21.7. The second kappa shape index (κ2) is 10.2. The van der Waals surface area contributed by atoms with Gasteiger partial charge in [0, 0.05) is 51.1 Å². The summed E-state index contributed by atoms with van der Waals surface area (Å²) in [6, 6.07) is 3.48. The number of amides is 2. The quantitative estimate of drug-likeness (QED) is 0.642. The van der Waals surface area contributed by atoms with Crippen molar-refractivity contribution in [2.75, 3.05) is 44.2 Å². The summed E-state index contributed by atoms with van der Waals surface area (Å²) in [5.74, 6) is -0.437. The number of pyridine rings is 1. The lowest BCUT2D eigenvalue weighted by molar-refractivity contribution is -0.114. The number of nitrogens with one attached hydrogen (secondary N) is 1. The zero-order chi connectivity index (χ0) is 23.4. The lowest BCUT2D eigenvalue weighted by Crippen LogP contribution is -2.47. The highest BCUT2D eigenvalue weighted by Crippen LogP contribution is 2.20. The fourth-order valence-electron chi connectivity index (χ4n) is 4.06. The monoisotopic (exact) mass is 450 g/mol. The smallest absolute Gasteiger partial charge is 0.272 e. The number of rotatable bonds is 7. The predicted molar refractivity (Wildman–Crippen MR) is 128 cm³/mol. The molecule has 4 heterocycles. The lowest BCUT2D eigenvalue weighted by Gasteiger charge is -2.36. The van der Waals surface area contributed by atoms with E-state index in [1.807, 2.05) is 31.4 Å². The number of nitrogens with zero attached hydrogens (tertiary/aromatic N) is 5. The van der Waals surface area contributed by atoms with Crippen LogP contribution in [-0.4, -0.2) is 90.1 Å². The standard InChI is InChI=1S/C24H30N6O3/c1-3-18-11-21-22(28-23(18)32)10-17(13-25-21)15-29-6-8-30(9-7-29)19-4-5-20(26-14-19)24(33)27-12-16(2)31/h4-5,10-11,13-14,16,21,31H,3,6-9,12,15H2,1-2H3,(H,27,33)/t16-,21?/m1/s1. The number of aliphatic hydroxyl groups excluding tert-OH is 1. The first kappa shape index (κ1) is 23.0. The Hall–Kier alpha value is -3.17. The summed E-state index contributed by atoms with van der Waals surface area (Å²) >= 11 is 0. The van der Waals surface area contributed by atoms with E-state index in [0.717, 1.165) is 55.3 Å². The summed E-state index contributed by atoms with van der Waals surface area (Å²) in [7, 11) is 0. The third kappa shape index (κ3) is 5.61. The van der Waals surface area contributed by atoms with Crippen molar-refractivity contribution in [1.29, 1.82) is 0 Å². The summed E-state index contributed by atoms with van der Waals surface area (Å²) in [5, 5.41) is 11.9. The molecular formula is C24H30N6O3. The summed E-state index contributed by atoms with van der Waals surface area (Å²) in [5.41, 5.74) is 3.85. The topological polar surface area (TPSA) is 110 Å². The van der Waals surface area contributed by atoms with Crippen molar-refractivity contribution in [1.82, 2.24) is 15.2 Å². The fraction of sp³-hybridized carbons (Fsp3) is 0.458. The molecule has 4 rings (SSSR count). The molecule has 0 aliphatic carbocycles. The van der Waals surface area contributed by atoms with Crippen LogP contribution in [0.3, 0.4) is 0 Å². The molecule has 33 heavy (non-hydrogen) atoms. The molecule has 3 aliphatic rings. The van der Waals surface area contributed by atoms with Crippen LogP contribution in [0.2, 0.25) is 0 Å². The first-order valence-corrected chi connectivity index (χ1v) is 11.4. The van der Waals surface area contributed by atoms with Crippen LogP contribution in [0.1, 0.15) is 30.8 Å². The Kier molecular flexibility index (Phi) is 7.10. The van der Waals surface area contributed by atoms with Gasteiger partial charge in [0.1, 0.15) is 11.7 Å². The van der Waals surface area contributed by atoms with E-state index >= 15 is 0 Å². The van der Waals surface area contributed by atoms with Crippen molar-refractivity contribution in [3.05, 3.63) is 47.3 Å². The van der Waals surface area contributed by atoms with Gasteiger partial charge in [-0.1, -0.05) is 6.92 Å². The van der Waals surface area contributed by atoms with Gasteiger partial charge in [0.25, 0.3) is 11.8 Å². The maximum Gasteiger partial charge on any atom is 0.272 e. The third-order valence-electron chi connectivity index (χ3n) is 5.96. The number of piperazine rings is 1. The number of anilines is 1. The number of carbonyl (C=O) groups excluding carboxylic acids is 2. The number of carbonyl (C=O) groups is 2. The summed E-state index contributed by atoms with van der Waals surface area (Å²) in [6.45, 7) is 8.02. The minimum absolute atomic E-state index is 0.136. The van der Waals surface area contributed by atoms with E-state index in [1.54, 1.807) is 19.2 Å². The van der Waals surface area contributed by atoms with Gasteiger partial charge >= 0.3 is 0 Å². The van der Waals surface area contributed by atoms with E-state index in [2.05, 4.69) is 30.1 Å². The van der Waals surface area contributed by atoms with Crippen LogP contribution in [0.4, 0.5) is 5.69 Å². The number of hydrogen-bond acceptors (Lipinski definition) is 7. The molecule has 0 bridgehead atoms. The number of hydrogen-bond donors (Lipinski definition) is 2. The maximum atomic E-state index is 12.1. The first-order chi connectivity index (χ1) is 15.9.